The fraction of sp³-hybridized carbons (Fsp3) is 0.755. The van der Waals surface area contributed by atoms with Crippen LogP contribution < -0.4 is 16.4 Å². The third kappa shape index (κ3) is 16.6. The van der Waals surface area contributed by atoms with Crippen molar-refractivity contribution in [2.45, 2.75) is 181 Å². The van der Waals surface area contributed by atoms with Crippen molar-refractivity contribution < 1.29 is 48.1 Å². The number of aliphatic carboxylic acids is 1. The Balaban J connectivity index is 2.23. The summed E-state index contributed by atoms with van der Waals surface area (Å²) < 4.78 is 18.0. The summed E-state index contributed by atoms with van der Waals surface area (Å²) in [5.74, 6) is -4.21. The first-order valence-corrected chi connectivity index (χ1v) is 23.3. The van der Waals surface area contributed by atoms with E-state index in [2.05, 4.69) is 10.6 Å². The Morgan fingerprint density at radius 2 is 1.54 bits per heavy atom. The summed E-state index contributed by atoms with van der Waals surface area (Å²) in [6, 6.07) is 5.91. The van der Waals surface area contributed by atoms with Crippen molar-refractivity contribution in [1.82, 2.24) is 25.3 Å². The number of carboxylic acid groups (broad SMARTS) is 1. The number of carboxylic acids is 1. The molecule has 16 heteroatoms. The Morgan fingerprint density at radius 3 is 2.06 bits per heavy atom. The Kier molecular flexibility index (Phi) is 22.0. The second kappa shape index (κ2) is 25.1. The predicted octanol–water partition coefficient (Wildman–Crippen LogP) is 4.80. The first kappa shape index (κ1) is 57.0. The van der Waals surface area contributed by atoms with Crippen molar-refractivity contribution in [2.24, 2.45) is 23.5 Å². The van der Waals surface area contributed by atoms with Gasteiger partial charge in [-0.3, -0.25) is 24.0 Å². The number of carbonyl (C=O) groups excluding carboxylic acids is 5. The third-order valence-corrected chi connectivity index (χ3v) is 13.3. The van der Waals surface area contributed by atoms with Gasteiger partial charge in [0.15, 0.2) is 0 Å². The molecule has 1 aliphatic rings. The normalized spacial score (nSPS) is 17.9. The van der Waals surface area contributed by atoms with Crippen LogP contribution in [0.25, 0.3) is 0 Å². The number of nitrogens with zero attached hydrogens (tertiary/aromatic N) is 3. The molecule has 1 fully saturated rings. The lowest BCUT2D eigenvalue weighted by atomic mass is 9.89. The highest BCUT2D eigenvalue weighted by Gasteiger charge is 2.44. The number of ether oxygens (including phenoxy) is 3. The van der Waals surface area contributed by atoms with Crippen molar-refractivity contribution in [2.75, 3.05) is 41.5 Å². The van der Waals surface area contributed by atoms with E-state index in [-0.39, 0.29) is 54.4 Å². The molecule has 1 aromatic rings. The summed E-state index contributed by atoms with van der Waals surface area (Å²) >= 11 is 0. The lowest BCUT2D eigenvalue weighted by molar-refractivity contribution is -0.150. The number of benzene rings is 1. The van der Waals surface area contributed by atoms with Gasteiger partial charge in [0, 0.05) is 59.8 Å². The molecule has 0 aliphatic carbocycles. The maximum Gasteiger partial charge on any atom is 0.326 e. The molecule has 5 amide bonds. The quantitative estimate of drug-likeness (QED) is 0.0943. The molecule has 65 heavy (non-hydrogen) atoms. The number of carbonyl (C=O) groups is 6. The molecule has 1 aromatic carbocycles. The molecular weight excluding hydrogens is 833 g/mol. The monoisotopic (exact) mass is 917 g/mol. The number of likely N-dealkylation sites (tertiary alicyclic amines) is 1. The van der Waals surface area contributed by atoms with Gasteiger partial charge in [0.2, 0.25) is 29.5 Å². The second-order valence-electron chi connectivity index (χ2n) is 20.2. The minimum atomic E-state index is -1.31. The number of methoxy groups -OCH3 is 2. The summed E-state index contributed by atoms with van der Waals surface area (Å²) in [4.78, 5) is 86.8. The van der Waals surface area contributed by atoms with Crippen molar-refractivity contribution >= 4 is 35.5 Å². The van der Waals surface area contributed by atoms with Crippen LogP contribution >= 0.6 is 0 Å². The molecule has 0 bridgehead atoms. The van der Waals surface area contributed by atoms with Crippen LogP contribution in [0.15, 0.2) is 30.3 Å². The van der Waals surface area contributed by atoms with Crippen LogP contribution in [-0.4, -0.2) is 150 Å². The van der Waals surface area contributed by atoms with Gasteiger partial charge in [-0.1, -0.05) is 71.4 Å². The van der Waals surface area contributed by atoms with Gasteiger partial charge in [-0.2, -0.15) is 0 Å². The van der Waals surface area contributed by atoms with Gasteiger partial charge in [-0.25, -0.2) is 4.79 Å². The van der Waals surface area contributed by atoms with E-state index in [4.69, 9.17) is 19.9 Å². The smallest absolute Gasteiger partial charge is 0.326 e. The Labute approximate surface area is 389 Å². The molecule has 8 atom stereocenters. The SMILES string of the molecule is CC[C@H](C)[C@@H]([C@@H](CC(=O)N1CCC[C@H]1[C@H](OC)[C@@H](C)C(=O)N[C@@H](Cc1ccccc1)C(=O)O)OC)N(C)C(=O)[C@@H](NC(=O)C(C)(C)N(C)C(=O)CCC(C)(C)OCCC(C)(C)N)C(C)C. The zero-order valence-corrected chi connectivity index (χ0v) is 42.2. The van der Waals surface area contributed by atoms with Gasteiger partial charge >= 0.3 is 5.97 Å². The number of nitrogens with one attached hydrogen (secondary N) is 2. The van der Waals surface area contributed by atoms with E-state index in [1.165, 1.54) is 19.1 Å². The van der Waals surface area contributed by atoms with Crippen LogP contribution in [0, 0.1) is 17.8 Å². The molecule has 0 aromatic heterocycles. The molecule has 1 saturated heterocycles. The summed E-state index contributed by atoms with van der Waals surface area (Å²) in [7, 11) is 6.24. The zero-order chi connectivity index (χ0) is 49.6. The fourth-order valence-corrected chi connectivity index (χ4v) is 8.41. The number of amides is 5. The van der Waals surface area contributed by atoms with Crippen LogP contribution in [0.4, 0.5) is 0 Å². The number of likely N-dealkylation sites (N-methyl/N-ethyl adjacent to an activating group) is 2. The van der Waals surface area contributed by atoms with Gasteiger partial charge < -0.3 is 50.4 Å². The lowest BCUT2D eigenvalue weighted by Crippen LogP contribution is -2.62. The number of rotatable bonds is 27. The van der Waals surface area contributed by atoms with E-state index in [1.807, 2.05) is 73.6 Å². The molecule has 2 rings (SSSR count). The maximum absolute atomic E-state index is 14.5. The Hall–Kier alpha value is -4.12. The molecular formula is C49H84N6O10. The maximum atomic E-state index is 14.5. The molecule has 0 unspecified atom stereocenters. The van der Waals surface area contributed by atoms with Crippen LogP contribution in [-0.2, 0) is 49.4 Å². The number of hydrogen-bond donors (Lipinski definition) is 4. The zero-order valence-electron chi connectivity index (χ0n) is 42.2. The van der Waals surface area contributed by atoms with Crippen LogP contribution in [0.1, 0.15) is 127 Å². The van der Waals surface area contributed by atoms with Gasteiger partial charge in [-0.05, 0) is 84.6 Å². The Bertz CT molecular complexity index is 1720. The molecule has 0 spiro atoms. The minimum Gasteiger partial charge on any atom is -0.480 e. The van der Waals surface area contributed by atoms with Crippen molar-refractivity contribution in [1.29, 1.82) is 0 Å². The summed E-state index contributed by atoms with van der Waals surface area (Å²) in [5.41, 5.74) is 4.61. The predicted molar refractivity (Wildman–Crippen MR) is 252 cm³/mol. The highest BCUT2D eigenvalue weighted by molar-refractivity contribution is 5.94. The molecule has 1 aliphatic heterocycles. The lowest BCUT2D eigenvalue weighted by Gasteiger charge is -2.41. The molecule has 1 heterocycles. The molecule has 0 radical (unpaired) electrons. The topological polar surface area (TPSA) is 210 Å². The molecule has 16 nitrogen and oxygen atoms in total. The van der Waals surface area contributed by atoms with Gasteiger partial charge in [0.25, 0.3) is 0 Å². The van der Waals surface area contributed by atoms with Gasteiger partial charge in [0.1, 0.15) is 17.6 Å². The van der Waals surface area contributed by atoms with E-state index in [1.54, 1.807) is 56.8 Å². The standard InChI is InChI=1S/C49H84N6O10/c1-16-32(4)41(53(12)44(59)40(31(2)3)52-46(62)49(10,11)54(13)38(56)24-25-48(8,9)65-28-26-47(6,7)50)37(63-14)30-39(57)55-27-20-23-36(55)42(64-15)33(5)43(58)51-35(45(60)61)29-34-21-18-17-19-22-34/h17-19,21-22,31-33,35-37,40-42H,16,20,23-30,50H2,1-15H3,(H,51,58)(H,52,62)(H,60,61)/t32-,33+,35-,36-,37+,40-,41-,42+/m0/s1. The van der Waals surface area contributed by atoms with Crippen LogP contribution in [0.5, 0.6) is 0 Å². The van der Waals surface area contributed by atoms with Crippen molar-refractivity contribution in [3.63, 3.8) is 0 Å². The molecule has 5 N–H and O–H groups in total. The first-order valence-electron chi connectivity index (χ1n) is 23.3. The highest BCUT2D eigenvalue weighted by atomic mass is 16.5. The van der Waals surface area contributed by atoms with E-state index in [0.717, 1.165) is 5.56 Å². The van der Waals surface area contributed by atoms with E-state index < -0.39 is 71.2 Å². The number of hydrogen-bond acceptors (Lipinski definition) is 10. The fourth-order valence-electron chi connectivity index (χ4n) is 8.41. The third-order valence-electron chi connectivity index (χ3n) is 13.3. The van der Waals surface area contributed by atoms with Crippen LogP contribution in [0.2, 0.25) is 0 Å². The summed E-state index contributed by atoms with van der Waals surface area (Å²) in [5, 5.41) is 15.6. The van der Waals surface area contributed by atoms with E-state index >= 15 is 0 Å². The molecule has 0 saturated carbocycles. The average molecular weight is 917 g/mol. The van der Waals surface area contributed by atoms with E-state index in [0.29, 0.717) is 45.3 Å². The summed E-state index contributed by atoms with van der Waals surface area (Å²) in [6.45, 7) is 21.2. The minimum absolute atomic E-state index is 0.0692. The van der Waals surface area contributed by atoms with Gasteiger partial charge in [-0.15, -0.1) is 0 Å². The highest BCUT2D eigenvalue weighted by Crippen LogP contribution is 2.30. The van der Waals surface area contributed by atoms with Crippen molar-refractivity contribution in [3.8, 4) is 0 Å². The van der Waals surface area contributed by atoms with Crippen LogP contribution in [0.3, 0.4) is 0 Å². The van der Waals surface area contributed by atoms with E-state index in [9.17, 15) is 33.9 Å². The largest absolute Gasteiger partial charge is 0.480 e. The first-order chi connectivity index (χ1) is 30.1. The Morgan fingerprint density at radius 1 is 0.923 bits per heavy atom. The second-order valence-corrected chi connectivity index (χ2v) is 20.2. The summed E-state index contributed by atoms with van der Waals surface area (Å²) in [6.07, 6.45) is 1.74. The van der Waals surface area contributed by atoms with Gasteiger partial charge in [0.05, 0.1) is 42.2 Å². The molecule has 370 valence electrons. The number of nitrogens with two attached hydrogens (primary N) is 1. The van der Waals surface area contributed by atoms with Crippen molar-refractivity contribution in [3.05, 3.63) is 35.9 Å². The average Bonchev–Trinajstić information content (AvgIpc) is 3.72.